The Morgan fingerprint density at radius 1 is 1.39 bits per heavy atom. The third kappa shape index (κ3) is 4.86. The second-order valence-electron chi connectivity index (χ2n) is 7.98. The van der Waals surface area contributed by atoms with Gasteiger partial charge < -0.3 is 20.1 Å². The molecule has 3 rings (SSSR count). The topological polar surface area (TPSA) is 123 Å². The Balaban J connectivity index is 1.66. The molecule has 0 saturated carbocycles. The Bertz CT molecular complexity index is 892. The van der Waals surface area contributed by atoms with Crippen LogP contribution in [0, 0.1) is 5.92 Å². The van der Waals surface area contributed by atoms with Gasteiger partial charge in [0.1, 0.15) is 11.4 Å². The highest BCUT2D eigenvalue weighted by atomic mass is 32.2. The first-order valence-corrected chi connectivity index (χ1v) is 10.6. The lowest BCUT2D eigenvalue weighted by atomic mass is 9.99. The number of benzene rings is 1. The van der Waals surface area contributed by atoms with Crippen LogP contribution in [0.3, 0.4) is 0 Å². The zero-order chi connectivity index (χ0) is 20.5. The van der Waals surface area contributed by atoms with Crippen LogP contribution in [-0.2, 0) is 14.9 Å². The number of hydrogen-bond donors (Lipinski definition) is 2. The summed E-state index contributed by atoms with van der Waals surface area (Å²) in [6.07, 6.45) is 1.47. The molecular weight excluding hydrogens is 384 g/mol. The maximum atomic E-state index is 12.3. The van der Waals surface area contributed by atoms with Gasteiger partial charge in [0.2, 0.25) is 0 Å². The molecule has 0 unspecified atom stereocenters. The molecular formula is C18H26N4O5S. The predicted octanol–water partition coefficient (Wildman–Crippen LogP) is 2.09. The van der Waals surface area contributed by atoms with Gasteiger partial charge in [0, 0.05) is 19.0 Å². The molecule has 0 bridgehead atoms. The number of rotatable bonds is 3. The zero-order valence-corrected chi connectivity index (χ0v) is 17.1. The van der Waals surface area contributed by atoms with Crippen molar-refractivity contribution in [3.63, 3.8) is 0 Å². The minimum Gasteiger partial charge on any atom is -0.492 e. The fourth-order valence-corrected chi connectivity index (χ4v) is 4.08. The summed E-state index contributed by atoms with van der Waals surface area (Å²) >= 11 is 0. The molecule has 0 aromatic heterocycles. The number of nitrogens with one attached hydrogen (secondary N) is 1. The number of nitrogens with zero attached hydrogens (tertiary/aromatic N) is 2. The molecule has 1 aromatic carbocycles. The van der Waals surface area contributed by atoms with E-state index in [9.17, 15) is 13.2 Å². The van der Waals surface area contributed by atoms with Crippen LogP contribution in [-0.4, -0.2) is 50.5 Å². The quantitative estimate of drug-likeness (QED) is 0.786. The third-order valence-corrected chi connectivity index (χ3v) is 5.30. The van der Waals surface area contributed by atoms with Crippen molar-refractivity contribution in [1.29, 1.82) is 0 Å². The molecule has 1 atom stereocenters. The van der Waals surface area contributed by atoms with Gasteiger partial charge in [0.15, 0.2) is 5.84 Å². The average Bonchev–Trinajstić information content (AvgIpc) is 2.57. The number of anilines is 1. The second kappa shape index (κ2) is 7.50. The Hall–Kier alpha value is -2.49. The van der Waals surface area contributed by atoms with Gasteiger partial charge in [-0.25, -0.2) is 4.79 Å². The number of hydrogen-bond acceptors (Lipinski definition) is 6. The second-order valence-corrected chi connectivity index (χ2v) is 9.31. The summed E-state index contributed by atoms with van der Waals surface area (Å²) < 4.78 is 40.6. The predicted molar refractivity (Wildman–Crippen MR) is 106 cm³/mol. The van der Waals surface area contributed by atoms with Crippen LogP contribution in [0.4, 0.5) is 10.5 Å². The van der Waals surface area contributed by atoms with Gasteiger partial charge in [0.05, 0.1) is 17.9 Å². The van der Waals surface area contributed by atoms with E-state index in [1.165, 1.54) is 0 Å². The van der Waals surface area contributed by atoms with Crippen molar-refractivity contribution in [2.45, 2.75) is 39.2 Å². The number of fused-ring (bicyclic) bond motifs is 1. The zero-order valence-electron chi connectivity index (χ0n) is 16.3. The lowest BCUT2D eigenvalue weighted by molar-refractivity contribution is 0.0139. The van der Waals surface area contributed by atoms with Gasteiger partial charge in [-0.2, -0.15) is 8.42 Å². The molecule has 2 aliphatic rings. The molecule has 0 radical (unpaired) electrons. The summed E-state index contributed by atoms with van der Waals surface area (Å²) in [5.74, 6) is 0.481. The normalized spacial score (nSPS) is 21.2. The van der Waals surface area contributed by atoms with Crippen molar-refractivity contribution in [3.05, 3.63) is 23.8 Å². The molecule has 9 nitrogen and oxygen atoms in total. The molecule has 1 saturated heterocycles. The highest BCUT2D eigenvalue weighted by Gasteiger charge is 2.29. The van der Waals surface area contributed by atoms with Crippen molar-refractivity contribution >= 4 is 27.8 Å². The molecule has 10 heteroatoms. The Labute approximate surface area is 165 Å². The van der Waals surface area contributed by atoms with E-state index >= 15 is 0 Å². The fraction of sp³-hybridized carbons (Fsp3) is 0.556. The first kappa shape index (κ1) is 20.2. The summed E-state index contributed by atoms with van der Waals surface area (Å²) in [5.41, 5.74) is 6.06. The summed E-state index contributed by atoms with van der Waals surface area (Å²) in [6, 6.07) is 5.00. The van der Waals surface area contributed by atoms with E-state index in [1.54, 1.807) is 23.1 Å². The van der Waals surface area contributed by atoms with E-state index in [0.29, 0.717) is 36.7 Å². The number of ether oxygens (including phenoxy) is 2. The molecule has 3 N–H and O–H groups in total. The van der Waals surface area contributed by atoms with E-state index in [-0.39, 0.29) is 17.8 Å². The Kier molecular flexibility index (Phi) is 5.42. The molecule has 0 spiro atoms. The largest absolute Gasteiger partial charge is 0.492 e. The maximum absolute atomic E-state index is 12.3. The van der Waals surface area contributed by atoms with Crippen LogP contribution < -0.4 is 15.2 Å². The first-order chi connectivity index (χ1) is 13.0. The molecule has 2 heterocycles. The number of amides is 1. The number of piperidine rings is 1. The van der Waals surface area contributed by atoms with Gasteiger partial charge in [-0.3, -0.25) is 4.72 Å². The number of carbonyl (C=O) groups excluding carboxylic acids is 1. The van der Waals surface area contributed by atoms with Gasteiger partial charge in [-0.15, -0.1) is 4.40 Å². The van der Waals surface area contributed by atoms with Crippen LogP contribution in [0.1, 0.15) is 39.2 Å². The number of carbonyl (C=O) groups is 1. The van der Waals surface area contributed by atoms with E-state index in [0.717, 1.165) is 12.8 Å². The Morgan fingerprint density at radius 3 is 2.86 bits per heavy atom. The van der Waals surface area contributed by atoms with E-state index < -0.39 is 15.8 Å². The molecule has 1 aromatic rings. The highest BCUT2D eigenvalue weighted by Crippen LogP contribution is 2.31. The van der Waals surface area contributed by atoms with Crippen LogP contribution >= 0.6 is 0 Å². The van der Waals surface area contributed by atoms with Crippen LogP contribution in [0.5, 0.6) is 5.75 Å². The summed E-state index contributed by atoms with van der Waals surface area (Å²) in [4.78, 5) is 14.0. The van der Waals surface area contributed by atoms with Crippen LogP contribution in [0.25, 0.3) is 0 Å². The van der Waals surface area contributed by atoms with Gasteiger partial charge in [0.25, 0.3) is 0 Å². The van der Waals surface area contributed by atoms with Crippen molar-refractivity contribution < 1.29 is 22.7 Å². The average molecular weight is 410 g/mol. The number of nitrogens with two attached hydrogens (primary N) is 1. The minimum absolute atomic E-state index is 0.108. The summed E-state index contributed by atoms with van der Waals surface area (Å²) in [7, 11) is -3.83. The standard InChI is InChI=1S/C18H26N4O5S/c1-18(2,3)27-17(23)22-9-5-6-12(10-22)11-26-14-8-4-7-13-15(14)16(19)21-28(24,25)20-13/h4,7-8,12,20H,5-6,9-11H2,1-3H3,(H2,19,21)/t12-/m0/s1. The van der Waals surface area contributed by atoms with Gasteiger partial charge in [-0.1, -0.05) is 6.07 Å². The Morgan fingerprint density at radius 2 is 2.14 bits per heavy atom. The lowest BCUT2D eigenvalue weighted by Gasteiger charge is -2.34. The monoisotopic (exact) mass is 410 g/mol. The molecule has 1 amide bonds. The molecule has 28 heavy (non-hydrogen) atoms. The first-order valence-electron chi connectivity index (χ1n) is 9.16. The minimum atomic E-state index is -3.83. The van der Waals surface area contributed by atoms with Crippen molar-refractivity contribution in [3.8, 4) is 5.75 Å². The van der Waals surface area contributed by atoms with E-state index in [1.807, 2.05) is 20.8 Å². The summed E-state index contributed by atoms with van der Waals surface area (Å²) in [6.45, 7) is 7.10. The third-order valence-electron chi connectivity index (χ3n) is 4.39. The van der Waals surface area contributed by atoms with Gasteiger partial charge >= 0.3 is 16.3 Å². The highest BCUT2D eigenvalue weighted by molar-refractivity contribution is 7.91. The van der Waals surface area contributed by atoms with Gasteiger partial charge in [-0.05, 0) is 45.7 Å². The van der Waals surface area contributed by atoms with E-state index in [4.69, 9.17) is 15.2 Å². The van der Waals surface area contributed by atoms with Crippen LogP contribution in [0.15, 0.2) is 22.6 Å². The number of likely N-dealkylation sites (tertiary alicyclic amines) is 1. The molecule has 0 aliphatic carbocycles. The fourth-order valence-electron chi connectivity index (χ4n) is 3.24. The summed E-state index contributed by atoms with van der Waals surface area (Å²) in [5, 5.41) is 0. The van der Waals surface area contributed by atoms with Crippen molar-refractivity contribution in [2.75, 3.05) is 24.4 Å². The maximum Gasteiger partial charge on any atom is 0.410 e. The van der Waals surface area contributed by atoms with Crippen LogP contribution in [0.2, 0.25) is 0 Å². The van der Waals surface area contributed by atoms with Crippen molar-refractivity contribution in [1.82, 2.24) is 4.90 Å². The molecule has 154 valence electrons. The molecule has 2 aliphatic heterocycles. The smallest absolute Gasteiger partial charge is 0.410 e. The SMILES string of the molecule is CC(C)(C)OC(=O)N1CCC[C@H](COc2cccc3c2C(N)=NS(=O)(=O)N3)C1. The van der Waals surface area contributed by atoms with E-state index in [2.05, 4.69) is 9.12 Å². The number of amidine groups is 1. The lowest BCUT2D eigenvalue weighted by Crippen LogP contribution is -2.44. The van der Waals surface area contributed by atoms with Crippen molar-refractivity contribution in [2.24, 2.45) is 16.0 Å². The molecule has 1 fully saturated rings.